The van der Waals surface area contributed by atoms with Crippen LogP contribution in [0.3, 0.4) is 0 Å². The van der Waals surface area contributed by atoms with E-state index < -0.39 is 0 Å². The number of amides is 1. The third-order valence-corrected chi connectivity index (χ3v) is 3.57. The quantitative estimate of drug-likeness (QED) is 0.308. The second-order valence-corrected chi connectivity index (χ2v) is 5.58. The highest BCUT2D eigenvalue weighted by Crippen LogP contribution is 2.10. The van der Waals surface area contributed by atoms with E-state index >= 15 is 0 Å². The van der Waals surface area contributed by atoms with Gasteiger partial charge in [-0.2, -0.15) is 5.10 Å². The lowest BCUT2D eigenvalue weighted by Gasteiger charge is -2.11. The molecule has 9 nitrogen and oxygen atoms in total. The maximum atomic E-state index is 12.0. The van der Waals surface area contributed by atoms with Crippen molar-refractivity contribution in [2.75, 3.05) is 19.6 Å². The molecule has 0 fully saturated rings. The summed E-state index contributed by atoms with van der Waals surface area (Å²) in [5.41, 5.74) is 0.441. The highest BCUT2D eigenvalue weighted by Gasteiger charge is 2.05. The van der Waals surface area contributed by atoms with Crippen molar-refractivity contribution < 1.29 is 9.90 Å². The molecule has 1 amide bonds. The minimum Gasteiger partial charge on any atom is -0.508 e. The van der Waals surface area contributed by atoms with Crippen LogP contribution >= 0.6 is 0 Å². The Morgan fingerprint density at radius 3 is 2.77 bits per heavy atom. The molecule has 1 aromatic carbocycles. The summed E-state index contributed by atoms with van der Waals surface area (Å²) in [5.74, 6) is 1.34. The molecule has 0 radical (unpaired) electrons. The molecule has 0 aliphatic heterocycles. The van der Waals surface area contributed by atoms with Crippen molar-refractivity contribution in [1.82, 2.24) is 30.7 Å². The lowest BCUT2D eigenvalue weighted by molar-refractivity contribution is 0.0953. The minimum atomic E-state index is -0.205. The van der Waals surface area contributed by atoms with Crippen LogP contribution in [0.15, 0.2) is 35.6 Å². The highest BCUT2D eigenvalue weighted by atomic mass is 16.3. The average molecular weight is 359 g/mol. The fraction of sp³-hybridized carbons (Fsp3) is 0.412. The molecule has 26 heavy (non-hydrogen) atoms. The number of phenolic OH excluding ortho intramolecular Hbond substituents is 1. The van der Waals surface area contributed by atoms with Gasteiger partial charge in [0.05, 0.1) is 0 Å². The minimum absolute atomic E-state index is 0.0775. The van der Waals surface area contributed by atoms with Gasteiger partial charge >= 0.3 is 0 Å². The summed E-state index contributed by atoms with van der Waals surface area (Å²) in [6.07, 6.45) is 2.24. The third kappa shape index (κ3) is 6.08. The summed E-state index contributed by atoms with van der Waals surface area (Å²) in [6, 6.07) is 6.27. The molecule has 0 atom stereocenters. The molecule has 140 valence electrons. The second kappa shape index (κ2) is 10.0. The molecule has 0 unspecified atom stereocenters. The molecule has 0 saturated carbocycles. The molecule has 0 saturated heterocycles. The number of aromatic hydroxyl groups is 1. The van der Waals surface area contributed by atoms with E-state index in [1.807, 2.05) is 14.0 Å². The van der Waals surface area contributed by atoms with Gasteiger partial charge in [0.1, 0.15) is 24.4 Å². The van der Waals surface area contributed by atoms with E-state index in [0.29, 0.717) is 31.2 Å². The molecular formula is C17H25N7O2. The van der Waals surface area contributed by atoms with Crippen molar-refractivity contribution in [3.8, 4) is 5.75 Å². The zero-order chi connectivity index (χ0) is 18.8. The first-order valence-corrected chi connectivity index (χ1v) is 8.52. The Labute approximate surface area is 152 Å². The summed E-state index contributed by atoms with van der Waals surface area (Å²) < 4.78 is 1.68. The number of carbonyl (C=O) groups is 1. The summed E-state index contributed by atoms with van der Waals surface area (Å²) >= 11 is 0. The Morgan fingerprint density at radius 1 is 1.27 bits per heavy atom. The number of aromatic nitrogens is 3. The van der Waals surface area contributed by atoms with Crippen molar-refractivity contribution in [3.63, 3.8) is 0 Å². The molecule has 4 N–H and O–H groups in total. The number of hydrogen-bond donors (Lipinski definition) is 4. The maximum absolute atomic E-state index is 12.0. The van der Waals surface area contributed by atoms with Crippen molar-refractivity contribution in [3.05, 3.63) is 42.0 Å². The van der Waals surface area contributed by atoms with Crippen molar-refractivity contribution in [2.24, 2.45) is 12.0 Å². The molecule has 0 aliphatic carbocycles. The van der Waals surface area contributed by atoms with Gasteiger partial charge < -0.3 is 21.1 Å². The van der Waals surface area contributed by atoms with Gasteiger partial charge in [-0.15, -0.1) is 0 Å². The van der Waals surface area contributed by atoms with Crippen LogP contribution in [0, 0.1) is 0 Å². The molecule has 0 aliphatic rings. The van der Waals surface area contributed by atoms with Crippen molar-refractivity contribution >= 4 is 11.9 Å². The second-order valence-electron chi connectivity index (χ2n) is 5.58. The van der Waals surface area contributed by atoms with E-state index in [9.17, 15) is 9.90 Å². The number of aliphatic imine (C=N–C) groups is 1. The Bertz CT molecular complexity index is 742. The van der Waals surface area contributed by atoms with E-state index in [1.54, 1.807) is 16.8 Å². The highest BCUT2D eigenvalue weighted by molar-refractivity contribution is 5.94. The lowest BCUT2D eigenvalue weighted by atomic mass is 10.2. The number of nitrogens with one attached hydrogen (secondary N) is 3. The SMILES string of the molecule is CCNC(=NCc1ncnn1C)NCCCNC(=O)c1cccc(O)c1. The number of phenols is 1. The third-order valence-electron chi connectivity index (χ3n) is 3.57. The molecule has 2 aromatic rings. The molecule has 2 rings (SSSR count). The van der Waals surface area contributed by atoms with Gasteiger partial charge in [-0.25, -0.2) is 9.98 Å². The first-order valence-electron chi connectivity index (χ1n) is 8.52. The van der Waals surface area contributed by atoms with Gasteiger partial charge in [-0.3, -0.25) is 9.48 Å². The van der Waals surface area contributed by atoms with Gasteiger partial charge in [0, 0.05) is 32.2 Å². The Morgan fingerprint density at radius 2 is 2.08 bits per heavy atom. The normalized spacial score (nSPS) is 11.2. The summed E-state index contributed by atoms with van der Waals surface area (Å²) in [7, 11) is 1.83. The van der Waals surface area contributed by atoms with Gasteiger partial charge in [-0.1, -0.05) is 6.07 Å². The number of aryl methyl sites for hydroxylation is 1. The van der Waals surface area contributed by atoms with Crippen LogP contribution in [0.1, 0.15) is 29.5 Å². The predicted molar refractivity (Wildman–Crippen MR) is 98.9 cm³/mol. The first kappa shape index (κ1) is 19.2. The van der Waals surface area contributed by atoms with Crippen LogP contribution in [0.4, 0.5) is 0 Å². The van der Waals surface area contributed by atoms with E-state index in [1.165, 1.54) is 18.5 Å². The predicted octanol–water partition coefficient (Wildman–Crippen LogP) is 0.396. The smallest absolute Gasteiger partial charge is 0.251 e. The van der Waals surface area contributed by atoms with E-state index in [4.69, 9.17) is 0 Å². The van der Waals surface area contributed by atoms with E-state index in [-0.39, 0.29) is 11.7 Å². The van der Waals surface area contributed by atoms with Crippen LogP contribution in [-0.2, 0) is 13.6 Å². The van der Waals surface area contributed by atoms with Crippen LogP contribution in [0.2, 0.25) is 0 Å². The van der Waals surface area contributed by atoms with Crippen molar-refractivity contribution in [2.45, 2.75) is 19.9 Å². The largest absolute Gasteiger partial charge is 0.508 e. The zero-order valence-electron chi connectivity index (χ0n) is 15.1. The topological polar surface area (TPSA) is 116 Å². The summed E-state index contributed by atoms with van der Waals surface area (Å²) in [5, 5.41) is 22.6. The van der Waals surface area contributed by atoms with Gasteiger partial charge in [0.2, 0.25) is 0 Å². The number of carbonyl (C=O) groups excluding carboxylic acids is 1. The molecule has 9 heteroatoms. The number of benzene rings is 1. The number of hydrogen-bond acceptors (Lipinski definition) is 5. The molecule has 0 spiro atoms. The number of nitrogens with zero attached hydrogens (tertiary/aromatic N) is 4. The van der Waals surface area contributed by atoms with E-state index in [2.05, 4.69) is 31.0 Å². The van der Waals surface area contributed by atoms with Crippen LogP contribution in [0.25, 0.3) is 0 Å². The fourth-order valence-electron chi connectivity index (χ4n) is 2.20. The number of rotatable bonds is 8. The zero-order valence-corrected chi connectivity index (χ0v) is 15.1. The summed E-state index contributed by atoms with van der Waals surface area (Å²) in [4.78, 5) is 20.6. The average Bonchev–Trinajstić information content (AvgIpc) is 3.04. The standard InChI is InChI=1S/C17H25N7O2/c1-3-18-17(21-11-15-22-12-23-24(15)2)20-9-5-8-19-16(26)13-6-4-7-14(25)10-13/h4,6-7,10,12,25H,3,5,8-9,11H2,1-2H3,(H,19,26)(H2,18,20,21). The fourth-order valence-corrected chi connectivity index (χ4v) is 2.20. The van der Waals surface area contributed by atoms with Crippen LogP contribution < -0.4 is 16.0 Å². The van der Waals surface area contributed by atoms with Gasteiger partial charge in [-0.05, 0) is 31.5 Å². The molecular weight excluding hydrogens is 334 g/mol. The Balaban J connectivity index is 1.72. The Hall–Kier alpha value is -3.10. The van der Waals surface area contributed by atoms with Crippen molar-refractivity contribution in [1.29, 1.82) is 0 Å². The van der Waals surface area contributed by atoms with Gasteiger partial charge in [0.25, 0.3) is 5.91 Å². The van der Waals surface area contributed by atoms with Gasteiger partial charge in [0.15, 0.2) is 5.96 Å². The molecule has 0 bridgehead atoms. The van der Waals surface area contributed by atoms with E-state index in [0.717, 1.165) is 18.8 Å². The summed E-state index contributed by atoms with van der Waals surface area (Å²) in [6.45, 7) is 4.35. The first-order chi connectivity index (χ1) is 12.6. The Kier molecular flexibility index (Phi) is 7.41. The molecule has 1 aromatic heterocycles. The lowest BCUT2D eigenvalue weighted by Crippen LogP contribution is -2.38. The monoisotopic (exact) mass is 359 g/mol. The molecule has 1 heterocycles. The maximum Gasteiger partial charge on any atom is 0.251 e. The number of guanidine groups is 1. The van der Waals surface area contributed by atoms with Crippen LogP contribution in [-0.4, -0.2) is 51.4 Å². The van der Waals surface area contributed by atoms with Crippen LogP contribution in [0.5, 0.6) is 5.75 Å².